The van der Waals surface area contributed by atoms with E-state index in [0.717, 1.165) is 38.5 Å². The van der Waals surface area contributed by atoms with Crippen molar-refractivity contribution >= 4 is 11.9 Å². The van der Waals surface area contributed by atoms with Crippen LogP contribution in [0.3, 0.4) is 0 Å². The maximum atomic E-state index is 12.6. The van der Waals surface area contributed by atoms with Gasteiger partial charge in [0.25, 0.3) is 0 Å². The predicted molar refractivity (Wildman–Crippen MR) is 252 cm³/mol. The Morgan fingerprint density at radius 3 is 0.879 bits per heavy atom. The Bertz CT molecular complexity index is 799. The van der Waals surface area contributed by atoms with Crippen LogP contribution in [-0.4, -0.2) is 37.9 Å². The van der Waals surface area contributed by atoms with Gasteiger partial charge in [0.05, 0.1) is 6.61 Å². The first-order chi connectivity index (χ1) is 28.6. The molecule has 58 heavy (non-hydrogen) atoms. The molecule has 1 atom stereocenters. The molecule has 0 radical (unpaired) electrons. The number of carbonyl (C=O) groups excluding carboxylic acids is 2. The Morgan fingerprint density at radius 2 is 0.569 bits per heavy atom. The van der Waals surface area contributed by atoms with Crippen LogP contribution >= 0.6 is 0 Å². The van der Waals surface area contributed by atoms with Gasteiger partial charge in [-0.2, -0.15) is 0 Å². The Labute approximate surface area is 363 Å². The van der Waals surface area contributed by atoms with E-state index in [1.165, 1.54) is 231 Å². The summed E-state index contributed by atoms with van der Waals surface area (Å²) in [5.41, 5.74) is 0. The number of carbonyl (C=O) groups is 2. The highest BCUT2D eigenvalue weighted by Crippen LogP contribution is 2.17. The molecule has 0 heterocycles. The van der Waals surface area contributed by atoms with Crippen LogP contribution in [0.2, 0.25) is 0 Å². The first kappa shape index (κ1) is 56.9. The van der Waals surface area contributed by atoms with E-state index in [9.17, 15) is 9.59 Å². The normalized spacial score (nSPS) is 12.0. The van der Waals surface area contributed by atoms with Crippen LogP contribution < -0.4 is 0 Å². The van der Waals surface area contributed by atoms with Crippen LogP contribution in [0.4, 0.5) is 0 Å². The molecule has 5 heteroatoms. The molecule has 0 aliphatic carbocycles. The van der Waals surface area contributed by atoms with E-state index in [0.29, 0.717) is 26.1 Å². The first-order valence-corrected chi connectivity index (χ1v) is 26.6. The van der Waals surface area contributed by atoms with E-state index in [1.54, 1.807) is 0 Å². The molecule has 0 bridgehead atoms. The van der Waals surface area contributed by atoms with Crippen molar-refractivity contribution in [3.63, 3.8) is 0 Å². The third-order valence-corrected chi connectivity index (χ3v) is 12.1. The van der Waals surface area contributed by atoms with Crippen LogP contribution in [0.15, 0.2) is 0 Å². The fraction of sp³-hybridized carbons (Fsp3) is 0.962. The van der Waals surface area contributed by atoms with Crippen molar-refractivity contribution in [2.24, 2.45) is 0 Å². The number of ether oxygens (including phenoxy) is 3. The Balaban J connectivity index is 3.91. The third kappa shape index (κ3) is 47.6. The first-order valence-electron chi connectivity index (χ1n) is 26.6. The molecule has 0 amide bonds. The molecular weight excluding hydrogens is 717 g/mol. The second-order valence-electron chi connectivity index (χ2n) is 18.2. The van der Waals surface area contributed by atoms with Gasteiger partial charge in [0.1, 0.15) is 6.61 Å². The quantitative estimate of drug-likeness (QED) is 0.0452. The van der Waals surface area contributed by atoms with Gasteiger partial charge in [-0.3, -0.25) is 9.59 Å². The van der Waals surface area contributed by atoms with E-state index in [-0.39, 0.29) is 18.5 Å². The van der Waals surface area contributed by atoms with Crippen molar-refractivity contribution in [2.75, 3.05) is 19.8 Å². The molecule has 5 nitrogen and oxygen atoms in total. The number of hydrogen-bond acceptors (Lipinski definition) is 5. The average Bonchev–Trinajstić information content (AvgIpc) is 3.22. The highest BCUT2D eigenvalue weighted by Gasteiger charge is 2.17. The van der Waals surface area contributed by atoms with Gasteiger partial charge in [0.15, 0.2) is 6.10 Å². The van der Waals surface area contributed by atoms with Crippen LogP contribution in [-0.2, 0) is 23.8 Å². The van der Waals surface area contributed by atoms with E-state index in [2.05, 4.69) is 20.8 Å². The molecule has 0 aliphatic rings. The summed E-state index contributed by atoms with van der Waals surface area (Å²) in [5.74, 6) is -0.385. The Kier molecular flexibility index (Phi) is 49.3. The molecule has 0 fully saturated rings. The van der Waals surface area contributed by atoms with Gasteiger partial charge >= 0.3 is 11.9 Å². The number of hydrogen-bond donors (Lipinski definition) is 0. The van der Waals surface area contributed by atoms with E-state index >= 15 is 0 Å². The molecule has 1 unspecified atom stereocenters. The molecule has 0 aromatic heterocycles. The van der Waals surface area contributed by atoms with Crippen molar-refractivity contribution < 1.29 is 23.8 Å². The highest BCUT2D eigenvalue weighted by atomic mass is 16.6. The zero-order chi connectivity index (χ0) is 42.1. The summed E-state index contributed by atoms with van der Waals surface area (Å²) in [6.45, 7) is 7.84. The molecule has 0 rings (SSSR count). The lowest BCUT2D eigenvalue weighted by atomic mass is 10.0. The topological polar surface area (TPSA) is 61.8 Å². The average molecular weight is 821 g/mol. The molecule has 346 valence electrons. The number of esters is 2. The molecular formula is C53H104O5. The van der Waals surface area contributed by atoms with Gasteiger partial charge in [-0.1, -0.05) is 271 Å². The molecule has 0 aliphatic heterocycles. The highest BCUT2D eigenvalue weighted by molar-refractivity contribution is 5.70. The van der Waals surface area contributed by atoms with Crippen LogP contribution in [0, 0.1) is 0 Å². The van der Waals surface area contributed by atoms with Crippen LogP contribution in [0.5, 0.6) is 0 Å². The SMILES string of the molecule is CCCCCCCCCCCCCCCCCCCCCC(=O)OCC(COCCCCCCCCCCCCCCCCCCCC)OC(=O)CCCCCCC. The minimum absolute atomic E-state index is 0.0959. The van der Waals surface area contributed by atoms with E-state index < -0.39 is 6.10 Å². The minimum Gasteiger partial charge on any atom is -0.462 e. The van der Waals surface area contributed by atoms with Crippen molar-refractivity contribution in [1.82, 2.24) is 0 Å². The van der Waals surface area contributed by atoms with Gasteiger partial charge in [-0.25, -0.2) is 0 Å². The summed E-state index contributed by atoms with van der Waals surface area (Å²) in [5, 5.41) is 0. The molecule has 0 aromatic carbocycles. The maximum Gasteiger partial charge on any atom is 0.306 e. The van der Waals surface area contributed by atoms with Gasteiger partial charge in [-0.05, 0) is 19.3 Å². The monoisotopic (exact) mass is 821 g/mol. The fourth-order valence-electron chi connectivity index (χ4n) is 8.16. The lowest BCUT2D eigenvalue weighted by molar-refractivity contribution is -0.163. The Morgan fingerprint density at radius 1 is 0.310 bits per heavy atom. The predicted octanol–water partition coefficient (Wildman–Crippen LogP) is 17.7. The summed E-state index contributed by atoms with van der Waals surface area (Å²) in [4.78, 5) is 25.1. The molecule has 0 saturated carbocycles. The lowest BCUT2D eigenvalue weighted by Gasteiger charge is -2.18. The lowest BCUT2D eigenvalue weighted by Crippen LogP contribution is -2.30. The largest absolute Gasteiger partial charge is 0.462 e. The molecule has 0 saturated heterocycles. The molecule has 0 N–H and O–H groups in total. The minimum atomic E-state index is -0.521. The zero-order valence-electron chi connectivity index (χ0n) is 39.9. The standard InChI is InChI=1S/C53H104O5/c1-4-7-10-13-15-17-19-21-23-25-27-28-30-32-34-36-38-41-43-46-52(54)57-50-51(58-53(55)47-44-40-12-9-6-3)49-56-48-45-42-39-37-35-33-31-29-26-24-22-20-18-16-14-11-8-5-2/h51H,4-50H2,1-3H3. The molecule has 0 aromatic rings. The van der Waals surface area contributed by atoms with Gasteiger partial charge in [-0.15, -0.1) is 0 Å². The van der Waals surface area contributed by atoms with E-state index in [4.69, 9.17) is 14.2 Å². The van der Waals surface area contributed by atoms with Gasteiger partial charge in [0, 0.05) is 19.4 Å². The Hall–Kier alpha value is -1.10. The van der Waals surface area contributed by atoms with Crippen molar-refractivity contribution in [3.8, 4) is 0 Å². The fourth-order valence-corrected chi connectivity index (χ4v) is 8.16. The van der Waals surface area contributed by atoms with Crippen LogP contribution in [0.25, 0.3) is 0 Å². The number of rotatable bonds is 50. The van der Waals surface area contributed by atoms with Crippen molar-refractivity contribution in [3.05, 3.63) is 0 Å². The van der Waals surface area contributed by atoms with Gasteiger partial charge < -0.3 is 14.2 Å². The van der Waals surface area contributed by atoms with Crippen molar-refractivity contribution in [2.45, 2.75) is 309 Å². The summed E-state index contributed by atoms with van der Waals surface area (Å²) in [6, 6.07) is 0. The second kappa shape index (κ2) is 50.3. The summed E-state index contributed by atoms with van der Waals surface area (Å²) >= 11 is 0. The third-order valence-electron chi connectivity index (χ3n) is 12.1. The molecule has 0 spiro atoms. The summed E-state index contributed by atoms with van der Waals surface area (Å²) in [7, 11) is 0. The summed E-state index contributed by atoms with van der Waals surface area (Å²) < 4.78 is 17.3. The summed E-state index contributed by atoms with van der Waals surface area (Å²) in [6.07, 6.45) is 55.8. The second-order valence-corrected chi connectivity index (χ2v) is 18.2. The van der Waals surface area contributed by atoms with Crippen LogP contribution in [0.1, 0.15) is 303 Å². The van der Waals surface area contributed by atoms with Crippen molar-refractivity contribution in [1.29, 1.82) is 0 Å². The maximum absolute atomic E-state index is 12.6. The van der Waals surface area contributed by atoms with Gasteiger partial charge in [0.2, 0.25) is 0 Å². The number of unbranched alkanes of at least 4 members (excludes halogenated alkanes) is 39. The zero-order valence-corrected chi connectivity index (χ0v) is 39.9. The van der Waals surface area contributed by atoms with E-state index in [1.807, 2.05) is 0 Å². The smallest absolute Gasteiger partial charge is 0.306 e.